The third-order valence-corrected chi connectivity index (χ3v) is 1.72. The van der Waals surface area contributed by atoms with Crippen LogP contribution in [0.5, 0.6) is 0 Å². The average molecular weight is 161 g/mol. The van der Waals surface area contributed by atoms with Gasteiger partial charge >= 0.3 is 0 Å². The first kappa shape index (κ1) is 10.4. The fraction of sp³-hybridized carbons (Fsp3) is 0.857. The van der Waals surface area contributed by atoms with Crippen molar-refractivity contribution < 1.29 is 21.4 Å². The van der Waals surface area contributed by atoms with Crippen molar-refractivity contribution in [2.24, 2.45) is 0 Å². The summed E-state index contributed by atoms with van der Waals surface area (Å²) in [6.45, 7) is 2.44. The first-order valence-corrected chi connectivity index (χ1v) is 3.87. The highest BCUT2D eigenvalue weighted by molar-refractivity contribution is 5.73. The van der Waals surface area contributed by atoms with Crippen LogP contribution in [-0.4, -0.2) is 18.1 Å². The van der Waals surface area contributed by atoms with Gasteiger partial charge in [-0.25, -0.2) is 0 Å². The van der Waals surface area contributed by atoms with Gasteiger partial charge in [0.25, 0.3) is 0 Å². The predicted molar refractivity (Wildman–Crippen MR) is 37.9 cm³/mol. The van der Waals surface area contributed by atoms with Gasteiger partial charge in [-0.05, 0) is 19.8 Å². The second-order valence-electron chi connectivity index (χ2n) is 3.16. The summed E-state index contributed by atoms with van der Waals surface area (Å²) in [4.78, 5) is 10.4. The zero-order chi connectivity index (χ0) is 8.91. The second kappa shape index (κ2) is 4.31. The molecular formula is C7H17N2O2+. The van der Waals surface area contributed by atoms with Gasteiger partial charge in [0.05, 0.1) is 6.54 Å². The van der Waals surface area contributed by atoms with Crippen LogP contribution in [0.15, 0.2) is 0 Å². The number of aliphatic carboxylic acids is 1. The Balaban J connectivity index is 3.64. The number of carboxylic acids is 1. The summed E-state index contributed by atoms with van der Waals surface area (Å²) in [6, 6.07) is 0. The molecule has 0 rings (SSSR count). The molecule has 0 amide bonds. The quantitative estimate of drug-likeness (QED) is 0.424. The number of hydrogen-bond donors (Lipinski definition) is 2. The Morgan fingerprint density at radius 2 is 2.09 bits per heavy atom. The number of carboxylic acid groups (broad SMARTS) is 1. The number of unbranched alkanes of at least 4 members (excludes halogenated alkanes) is 1. The van der Waals surface area contributed by atoms with Crippen molar-refractivity contribution in [1.82, 2.24) is 0 Å². The number of quaternary nitrogens is 2. The van der Waals surface area contributed by atoms with Gasteiger partial charge in [0, 0.05) is 6.42 Å². The molecule has 0 fully saturated rings. The first-order valence-electron chi connectivity index (χ1n) is 3.87. The standard InChI is InChI=1S/C7H16N2O2/c1-7(9,6(10)11)4-2-3-5-8/h2-5,8-9H2,1H3,(H,10,11)/p+1. The van der Waals surface area contributed by atoms with E-state index in [-0.39, 0.29) is 0 Å². The Kier molecular flexibility index (Phi) is 4.07. The van der Waals surface area contributed by atoms with Crippen molar-refractivity contribution in [3.8, 4) is 0 Å². The first-order chi connectivity index (χ1) is 5.00. The fourth-order valence-electron chi connectivity index (χ4n) is 0.794. The highest BCUT2D eigenvalue weighted by Crippen LogP contribution is 2.06. The molecule has 4 heteroatoms. The maximum Gasteiger partial charge on any atom is 0.132 e. The van der Waals surface area contributed by atoms with E-state index in [0.29, 0.717) is 6.42 Å². The lowest BCUT2D eigenvalue weighted by Gasteiger charge is -2.21. The minimum absolute atomic E-state index is 0.574. The molecule has 0 saturated heterocycles. The predicted octanol–water partition coefficient (Wildman–Crippen LogP) is -2.85. The van der Waals surface area contributed by atoms with E-state index in [0.717, 1.165) is 19.4 Å². The monoisotopic (exact) mass is 161 g/mol. The molecule has 0 aromatic rings. The van der Waals surface area contributed by atoms with E-state index >= 15 is 0 Å². The number of rotatable bonds is 5. The average Bonchev–Trinajstić information content (AvgIpc) is 1.88. The van der Waals surface area contributed by atoms with Crippen molar-refractivity contribution in [3.63, 3.8) is 0 Å². The summed E-state index contributed by atoms with van der Waals surface area (Å²) in [5.74, 6) is -1.07. The molecule has 0 aliphatic heterocycles. The second-order valence-corrected chi connectivity index (χ2v) is 3.16. The van der Waals surface area contributed by atoms with Gasteiger partial charge in [-0.1, -0.05) is 0 Å². The number of carbonyl (C=O) groups excluding carboxylic acids is 1. The van der Waals surface area contributed by atoms with E-state index in [1.54, 1.807) is 6.92 Å². The number of hydrogen-bond acceptors (Lipinski definition) is 2. The van der Waals surface area contributed by atoms with Crippen LogP contribution in [0.2, 0.25) is 0 Å². The van der Waals surface area contributed by atoms with Crippen LogP contribution < -0.4 is 16.6 Å². The van der Waals surface area contributed by atoms with Crippen molar-refractivity contribution in [3.05, 3.63) is 0 Å². The van der Waals surface area contributed by atoms with Crippen molar-refractivity contribution in [2.75, 3.05) is 6.54 Å². The van der Waals surface area contributed by atoms with Gasteiger partial charge < -0.3 is 21.4 Å². The van der Waals surface area contributed by atoms with Gasteiger partial charge in [0.2, 0.25) is 0 Å². The third kappa shape index (κ3) is 3.95. The van der Waals surface area contributed by atoms with Gasteiger partial charge in [-0.3, -0.25) is 0 Å². The zero-order valence-corrected chi connectivity index (χ0v) is 7.06. The molecule has 0 radical (unpaired) electrons. The SMILES string of the molecule is CC([NH3+])(CCCC[NH3+])C(=O)[O-]. The fourth-order valence-corrected chi connectivity index (χ4v) is 0.794. The summed E-state index contributed by atoms with van der Waals surface area (Å²) < 4.78 is 0. The molecule has 0 bridgehead atoms. The van der Waals surface area contributed by atoms with Crippen LogP contribution in [0, 0.1) is 0 Å². The van der Waals surface area contributed by atoms with E-state index in [9.17, 15) is 9.90 Å². The maximum atomic E-state index is 10.4. The highest BCUT2D eigenvalue weighted by Gasteiger charge is 2.23. The topological polar surface area (TPSA) is 95.4 Å². The largest absolute Gasteiger partial charge is 0.544 e. The highest BCUT2D eigenvalue weighted by atomic mass is 16.4. The molecule has 0 aromatic heterocycles. The van der Waals surface area contributed by atoms with E-state index in [1.807, 2.05) is 0 Å². The number of carbonyl (C=O) groups is 1. The molecule has 0 saturated carbocycles. The van der Waals surface area contributed by atoms with Gasteiger partial charge in [-0.15, -0.1) is 0 Å². The van der Waals surface area contributed by atoms with Gasteiger partial charge in [-0.2, -0.15) is 0 Å². The van der Waals surface area contributed by atoms with E-state index in [4.69, 9.17) is 0 Å². The molecule has 6 N–H and O–H groups in total. The summed E-state index contributed by atoms with van der Waals surface area (Å²) >= 11 is 0. The Bertz CT molecular complexity index is 134. The minimum Gasteiger partial charge on any atom is -0.544 e. The molecule has 11 heavy (non-hydrogen) atoms. The van der Waals surface area contributed by atoms with Crippen molar-refractivity contribution in [2.45, 2.75) is 31.7 Å². The molecule has 0 aromatic carbocycles. The summed E-state index contributed by atoms with van der Waals surface area (Å²) in [7, 11) is 0. The smallest absolute Gasteiger partial charge is 0.132 e. The van der Waals surface area contributed by atoms with Crippen LogP contribution in [0.3, 0.4) is 0 Å². The van der Waals surface area contributed by atoms with Crippen molar-refractivity contribution >= 4 is 5.97 Å². The molecule has 0 heterocycles. The Morgan fingerprint density at radius 1 is 1.55 bits per heavy atom. The van der Waals surface area contributed by atoms with Crippen molar-refractivity contribution in [1.29, 1.82) is 0 Å². The normalized spacial score (nSPS) is 15.9. The lowest BCUT2D eigenvalue weighted by molar-refractivity contribution is -0.482. The molecule has 1 unspecified atom stereocenters. The third-order valence-electron chi connectivity index (χ3n) is 1.72. The van der Waals surface area contributed by atoms with E-state index < -0.39 is 11.5 Å². The minimum atomic E-state index is -1.07. The summed E-state index contributed by atoms with van der Waals surface area (Å²) in [5.41, 5.74) is 6.30. The lowest BCUT2D eigenvalue weighted by atomic mass is 9.96. The zero-order valence-electron chi connectivity index (χ0n) is 7.06. The van der Waals surface area contributed by atoms with Crippen LogP contribution >= 0.6 is 0 Å². The van der Waals surface area contributed by atoms with Crippen LogP contribution in [0.4, 0.5) is 0 Å². The molecule has 66 valence electrons. The molecular weight excluding hydrogens is 144 g/mol. The summed E-state index contributed by atoms with van der Waals surface area (Å²) in [6.07, 6.45) is 2.39. The molecule has 0 spiro atoms. The Hall–Kier alpha value is -0.610. The van der Waals surface area contributed by atoms with Gasteiger partial charge in [0.15, 0.2) is 0 Å². The summed E-state index contributed by atoms with van der Waals surface area (Å²) in [5, 5.41) is 10.4. The van der Waals surface area contributed by atoms with Gasteiger partial charge in [0.1, 0.15) is 11.5 Å². The van der Waals surface area contributed by atoms with Crippen LogP contribution in [0.25, 0.3) is 0 Å². The lowest BCUT2D eigenvalue weighted by Crippen LogP contribution is -2.77. The van der Waals surface area contributed by atoms with E-state index in [2.05, 4.69) is 11.5 Å². The molecule has 0 aliphatic rings. The molecule has 1 atom stereocenters. The van der Waals surface area contributed by atoms with Crippen LogP contribution in [0.1, 0.15) is 26.2 Å². The van der Waals surface area contributed by atoms with E-state index in [1.165, 1.54) is 0 Å². The molecule has 0 aliphatic carbocycles. The Morgan fingerprint density at radius 3 is 2.45 bits per heavy atom. The molecule has 4 nitrogen and oxygen atoms in total. The van der Waals surface area contributed by atoms with Crippen LogP contribution in [-0.2, 0) is 4.79 Å². The Labute approximate surface area is 66.6 Å². The maximum absolute atomic E-state index is 10.4.